The van der Waals surface area contributed by atoms with E-state index in [1.165, 1.54) is 12.1 Å². The van der Waals surface area contributed by atoms with Gasteiger partial charge in [0.15, 0.2) is 0 Å². The quantitative estimate of drug-likeness (QED) is 0.636. The van der Waals surface area contributed by atoms with Crippen LogP contribution in [0.3, 0.4) is 0 Å². The summed E-state index contributed by atoms with van der Waals surface area (Å²) in [5.41, 5.74) is -1.22. The summed E-state index contributed by atoms with van der Waals surface area (Å²) >= 11 is -1.79. The Morgan fingerprint density at radius 1 is 1.24 bits per heavy atom. The topological polar surface area (TPSA) is 76.4 Å². The van der Waals surface area contributed by atoms with Gasteiger partial charge < -0.3 is 5.11 Å². The second-order valence-corrected chi connectivity index (χ2v) is 8.93. The molecular weight excluding hydrogens is 403 g/mol. The maximum atomic E-state index is 13.3. The minimum atomic E-state index is -4.69. The molecule has 154 valence electrons. The molecule has 5 nitrogen and oxygen atoms in total. The third kappa shape index (κ3) is 3.66. The van der Waals surface area contributed by atoms with Gasteiger partial charge in [-0.15, -0.1) is 0 Å². The Labute approximate surface area is 169 Å². The molecule has 1 fully saturated rings. The van der Waals surface area contributed by atoms with Crippen molar-refractivity contribution in [1.82, 2.24) is 4.83 Å². The fourth-order valence-corrected chi connectivity index (χ4v) is 5.33. The monoisotopic (exact) mass is 423 g/mol. The summed E-state index contributed by atoms with van der Waals surface area (Å²) in [5.74, 6) is 0.142. The van der Waals surface area contributed by atoms with Gasteiger partial charge >= 0.3 is 6.18 Å². The van der Waals surface area contributed by atoms with Crippen molar-refractivity contribution < 1.29 is 23.1 Å². The molecule has 1 heterocycles. The second-order valence-electron chi connectivity index (χ2n) is 7.14. The van der Waals surface area contributed by atoms with Crippen LogP contribution in [0.5, 0.6) is 5.75 Å². The lowest BCUT2D eigenvalue weighted by Crippen LogP contribution is -2.46. The van der Waals surface area contributed by atoms with Crippen LogP contribution in [-0.4, -0.2) is 15.8 Å². The predicted octanol–water partition coefficient (Wildman–Crippen LogP) is 4.45. The maximum absolute atomic E-state index is 13.3. The minimum Gasteiger partial charge on any atom is -0.508 e. The zero-order valence-corrected chi connectivity index (χ0v) is 16.9. The van der Waals surface area contributed by atoms with Gasteiger partial charge in [-0.05, 0) is 62.2 Å². The first kappa shape index (κ1) is 21.0. The summed E-state index contributed by atoms with van der Waals surface area (Å²) in [5, 5.41) is 20.3. The molecule has 0 amide bonds. The van der Waals surface area contributed by atoms with Crippen molar-refractivity contribution in [3.63, 3.8) is 0 Å². The van der Waals surface area contributed by atoms with Crippen molar-refractivity contribution in [3.05, 3.63) is 53.1 Å². The average molecular weight is 423 g/mol. The molecule has 0 saturated carbocycles. The number of aryl methyl sites for hydroxylation is 1. The van der Waals surface area contributed by atoms with Crippen LogP contribution in [0.25, 0.3) is 0 Å². The molecule has 9 heteroatoms. The van der Waals surface area contributed by atoms with E-state index >= 15 is 0 Å². The van der Waals surface area contributed by atoms with Crippen LogP contribution in [0.1, 0.15) is 37.5 Å². The van der Waals surface area contributed by atoms with E-state index in [1.54, 1.807) is 37.1 Å². The van der Waals surface area contributed by atoms with Gasteiger partial charge in [0.05, 0.1) is 22.9 Å². The number of benzene rings is 2. The second kappa shape index (κ2) is 7.28. The number of phenols is 1. The van der Waals surface area contributed by atoms with Gasteiger partial charge in [-0.2, -0.15) is 23.3 Å². The number of thiol groups is 1. The molecule has 1 unspecified atom stereocenters. The van der Waals surface area contributed by atoms with Crippen LogP contribution >= 0.6 is 11.1 Å². The van der Waals surface area contributed by atoms with Crippen LogP contribution in [-0.2, 0) is 17.4 Å². The van der Waals surface area contributed by atoms with Crippen molar-refractivity contribution in [2.45, 2.75) is 43.8 Å². The number of nitrogens with zero attached hydrogens (tertiary/aromatic N) is 2. The molecule has 2 aromatic rings. The first-order chi connectivity index (χ1) is 13.5. The molecule has 2 N–H and O–H groups in total. The Kier molecular flexibility index (Phi) is 5.28. The molecule has 0 aliphatic carbocycles. The van der Waals surface area contributed by atoms with E-state index in [9.17, 15) is 23.1 Å². The van der Waals surface area contributed by atoms with Crippen LogP contribution in [0, 0.1) is 11.3 Å². The summed E-state index contributed by atoms with van der Waals surface area (Å²) in [7, 11) is 0. The molecule has 1 aliphatic heterocycles. The standard InChI is InChI=1S/C20H20F3N3O2S/c1-4-12-9-14(6-8-17(12)27)26-19(2,3)18(28)29(25-26)15-7-5-13(11-24)16(10-15)20(21,22)23/h5-10,25,27,29H,4H2,1-3H3. The van der Waals surface area contributed by atoms with E-state index in [0.717, 1.165) is 12.1 Å². The zero-order valence-electron chi connectivity index (χ0n) is 16.0. The van der Waals surface area contributed by atoms with Gasteiger partial charge in [0.1, 0.15) is 11.3 Å². The molecule has 1 saturated heterocycles. The van der Waals surface area contributed by atoms with Crippen LogP contribution < -0.4 is 9.84 Å². The van der Waals surface area contributed by atoms with Gasteiger partial charge in [0, 0.05) is 4.90 Å². The third-order valence-corrected chi connectivity index (χ3v) is 7.02. The molecule has 0 spiro atoms. The van der Waals surface area contributed by atoms with Crippen molar-refractivity contribution in [3.8, 4) is 11.8 Å². The van der Waals surface area contributed by atoms with Crippen LogP contribution in [0.15, 0.2) is 41.3 Å². The molecule has 0 radical (unpaired) electrons. The fourth-order valence-electron chi connectivity index (χ4n) is 3.19. The lowest BCUT2D eigenvalue weighted by atomic mass is 10.0. The summed E-state index contributed by atoms with van der Waals surface area (Å²) in [6.07, 6.45) is -4.11. The summed E-state index contributed by atoms with van der Waals surface area (Å²) in [4.78, 5) is 16.3. The third-order valence-electron chi connectivity index (χ3n) is 4.87. The largest absolute Gasteiger partial charge is 0.508 e. The molecule has 2 aromatic carbocycles. The van der Waals surface area contributed by atoms with Gasteiger partial charge in [-0.1, -0.05) is 18.0 Å². The molecular formula is C20H20F3N3O2S. The lowest BCUT2D eigenvalue weighted by molar-refractivity contribution is -0.138. The number of anilines is 1. The van der Waals surface area contributed by atoms with E-state index in [-0.39, 0.29) is 15.8 Å². The normalized spacial score (nSPS) is 20.0. The Balaban J connectivity index is 2.04. The first-order valence-electron chi connectivity index (χ1n) is 8.85. The van der Waals surface area contributed by atoms with Crippen molar-refractivity contribution in [2.24, 2.45) is 0 Å². The van der Waals surface area contributed by atoms with Gasteiger partial charge in [0.25, 0.3) is 0 Å². The predicted molar refractivity (Wildman–Crippen MR) is 106 cm³/mol. The SMILES string of the molecule is CCc1cc(N2N[SH](c3ccc(C#N)c(C(F)(F)F)c3)C(=O)C2(C)C)ccc1O. The Morgan fingerprint density at radius 2 is 1.93 bits per heavy atom. The van der Waals surface area contributed by atoms with Crippen molar-refractivity contribution >= 4 is 21.9 Å². The lowest BCUT2D eigenvalue weighted by Gasteiger charge is -2.30. The highest BCUT2D eigenvalue weighted by Crippen LogP contribution is 2.48. The number of carbonyl (C=O) groups is 1. The minimum absolute atomic E-state index is 0.142. The average Bonchev–Trinajstić information content (AvgIpc) is 2.91. The number of nitrogens with one attached hydrogen (secondary N) is 1. The highest BCUT2D eigenvalue weighted by Gasteiger charge is 2.46. The zero-order chi connectivity index (χ0) is 21.6. The van der Waals surface area contributed by atoms with E-state index in [4.69, 9.17) is 5.26 Å². The number of rotatable bonds is 3. The summed E-state index contributed by atoms with van der Waals surface area (Å²) in [6.45, 7) is 5.27. The number of hydrogen-bond donors (Lipinski definition) is 3. The number of nitriles is 1. The van der Waals surface area contributed by atoms with Crippen molar-refractivity contribution in [2.75, 3.05) is 5.01 Å². The number of hydrazine groups is 1. The number of phenolic OH excluding ortho intramolecular Hbond substituents is 1. The smallest absolute Gasteiger partial charge is 0.417 e. The Hall–Kier alpha value is -2.70. The Bertz CT molecular complexity index is 1020. The van der Waals surface area contributed by atoms with E-state index in [2.05, 4.69) is 4.83 Å². The number of aromatic hydroxyl groups is 1. The molecule has 29 heavy (non-hydrogen) atoms. The van der Waals surface area contributed by atoms with E-state index in [0.29, 0.717) is 17.7 Å². The number of carbonyl (C=O) groups excluding carboxylic acids is 1. The highest BCUT2D eigenvalue weighted by atomic mass is 32.2. The van der Waals surface area contributed by atoms with Crippen LogP contribution in [0.4, 0.5) is 18.9 Å². The maximum Gasteiger partial charge on any atom is 0.417 e. The number of alkyl halides is 3. The number of hydrogen-bond acceptors (Lipinski definition) is 5. The summed E-state index contributed by atoms with van der Waals surface area (Å²) in [6, 6.07) is 9.83. The molecule has 3 rings (SSSR count). The Morgan fingerprint density at radius 3 is 2.52 bits per heavy atom. The molecule has 1 atom stereocenters. The molecule has 1 aliphatic rings. The summed E-state index contributed by atoms with van der Waals surface area (Å²) < 4.78 is 40.0. The first-order valence-corrected chi connectivity index (χ1v) is 10.2. The van der Waals surface area contributed by atoms with E-state index in [1.807, 2.05) is 6.92 Å². The van der Waals surface area contributed by atoms with Gasteiger partial charge in [0.2, 0.25) is 5.12 Å². The number of halogens is 3. The van der Waals surface area contributed by atoms with Gasteiger partial charge in [-0.3, -0.25) is 9.80 Å². The molecule has 0 aromatic heterocycles. The van der Waals surface area contributed by atoms with Gasteiger partial charge in [-0.25, -0.2) is 0 Å². The highest BCUT2D eigenvalue weighted by molar-refractivity contribution is 8.28. The van der Waals surface area contributed by atoms with Crippen LogP contribution in [0.2, 0.25) is 0 Å². The molecule has 0 bridgehead atoms. The van der Waals surface area contributed by atoms with Crippen molar-refractivity contribution in [1.29, 1.82) is 5.26 Å². The fraction of sp³-hybridized carbons (Fsp3) is 0.300. The van der Waals surface area contributed by atoms with E-state index < -0.39 is 33.9 Å².